The average molecular weight is 333 g/mol. The fourth-order valence-electron chi connectivity index (χ4n) is 1.84. The summed E-state index contributed by atoms with van der Waals surface area (Å²) in [4.78, 5) is 23.1. The number of nitrogen functional groups attached to an aromatic ring is 1. The lowest BCUT2D eigenvalue weighted by atomic mass is 10.2. The van der Waals surface area contributed by atoms with Gasteiger partial charge in [-0.1, -0.05) is 12.1 Å². The van der Waals surface area contributed by atoms with Gasteiger partial charge in [0.15, 0.2) is 0 Å². The second-order valence-corrected chi connectivity index (χ2v) is 5.53. The maximum absolute atomic E-state index is 12.0. The first-order valence-electron chi connectivity index (χ1n) is 6.61. The maximum atomic E-state index is 12.0. The van der Waals surface area contributed by atoms with Crippen molar-refractivity contribution in [2.75, 3.05) is 23.9 Å². The highest BCUT2D eigenvalue weighted by molar-refractivity contribution is 8.00. The highest BCUT2D eigenvalue weighted by atomic mass is 32.2. The number of nitrogens with zero attached hydrogens (tertiary/aromatic N) is 1. The molecule has 0 radical (unpaired) electrons. The number of nitrogens with two attached hydrogens (primary N) is 1. The zero-order valence-corrected chi connectivity index (χ0v) is 13.1. The quantitative estimate of drug-likeness (QED) is 0.364. The van der Waals surface area contributed by atoms with Gasteiger partial charge >= 0.3 is 0 Å². The van der Waals surface area contributed by atoms with Gasteiger partial charge < -0.3 is 15.8 Å². The molecule has 23 heavy (non-hydrogen) atoms. The van der Waals surface area contributed by atoms with Crippen molar-refractivity contribution in [1.82, 2.24) is 0 Å². The van der Waals surface area contributed by atoms with Gasteiger partial charge in [0.25, 0.3) is 5.69 Å². The van der Waals surface area contributed by atoms with Crippen LogP contribution in [0.15, 0.2) is 47.4 Å². The number of thioether (sulfide) groups is 1. The number of para-hydroxylation sites is 1. The minimum absolute atomic E-state index is 0.105. The van der Waals surface area contributed by atoms with Gasteiger partial charge in [0.1, 0.15) is 5.75 Å². The lowest BCUT2D eigenvalue weighted by molar-refractivity contribution is -0.384. The molecule has 0 heterocycles. The third-order valence-electron chi connectivity index (χ3n) is 2.95. The van der Waals surface area contributed by atoms with Crippen molar-refractivity contribution in [3.8, 4) is 5.75 Å². The molecule has 120 valence electrons. The molecule has 2 rings (SSSR count). The van der Waals surface area contributed by atoms with Gasteiger partial charge in [0.05, 0.1) is 29.5 Å². The predicted octanol–water partition coefficient (Wildman–Crippen LogP) is 2.92. The number of anilines is 2. The maximum Gasteiger partial charge on any atom is 0.273 e. The van der Waals surface area contributed by atoms with Crippen molar-refractivity contribution < 1.29 is 14.5 Å². The molecule has 0 spiro atoms. The van der Waals surface area contributed by atoms with E-state index in [0.29, 0.717) is 11.4 Å². The van der Waals surface area contributed by atoms with Gasteiger partial charge in [-0.15, -0.1) is 11.8 Å². The molecule has 0 unspecified atom stereocenters. The van der Waals surface area contributed by atoms with E-state index in [1.807, 2.05) is 18.2 Å². The van der Waals surface area contributed by atoms with Crippen LogP contribution in [0, 0.1) is 10.1 Å². The molecule has 1 amide bonds. The Balaban J connectivity index is 2.03. The van der Waals surface area contributed by atoms with Gasteiger partial charge in [0.2, 0.25) is 5.91 Å². The minimum Gasteiger partial charge on any atom is -0.494 e. The van der Waals surface area contributed by atoms with E-state index in [1.165, 1.54) is 37.1 Å². The van der Waals surface area contributed by atoms with E-state index < -0.39 is 4.92 Å². The Hall–Kier alpha value is -2.74. The number of ether oxygens (including phenoxy) is 1. The number of methoxy groups -OCH3 is 1. The summed E-state index contributed by atoms with van der Waals surface area (Å²) >= 11 is 1.31. The van der Waals surface area contributed by atoms with E-state index in [1.54, 1.807) is 6.07 Å². The van der Waals surface area contributed by atoms with E-state index >= 15 is 0 Å². The van der Waals surface area contributed by atoms with E-state index in [9.17, 15) is 14.9 Å². The highest BCUT2D eigenvalue weighted by Crippen LogP contribution is 2.30. The molecule has 0 aromatic heterocycles. The molecule has 0 aliphatic carbocycles. The van der Waals surface area contributed by atoms with Gasteiger partial charge in [-0.05, 0) is 18.2 Å². The van der Waals surface area contributed by atoms with Gasteiger partial charge in [0, 0.05) is 16.6 Å². The Labute approximate surface area is 137 Å². The second kappa shape index (κ2) is 7.50. The highest BCUT2D eigenvalue weighted by Gasteiger charge is 2.13. The van der Waals surface area contributed by atoms with E-state index in [4.69, 9.17) is 10.5 Å². The first-order chi connectivity index (χ1) is 11.0. The zero-order valence-electron chi connectivity index (χ0n) is 12.3. The van der Waals surface area contributed by atoms with Crippen LogP contribution >= 0.6 is 11.8 Å². The van der Waals surface area contributed by atoms with Crippen LogP contribution in [0.1, 0.15) is 0 Å². The summed E-state index contributed by atoms with van der Waals surface area (Å²) in [5.74, 6) is 0.135. The van der Waals surface area contributed by atoms with Crippen LogP contribution in [0.25, 0.3) is 0 Å². The van der Waals surface area contributed by atoms with E-state index in [2.05, 4.69) is 5.32 Å². The number of hydrogen-bond donors (Lipinski definition) is 2. The normalized spacial score (nSPS) is 10.1. The molecule has 7 nitrogen and oxygen atoms in total. The van der Waals surface area contributed by atoms with Crippen molar-refractivity contribution >= 4 is 34.7 Å². The fourth-order valence-corrected chi connectivity index (χ4v) is 2.61. The molecular weight excluding hydrogens is 318 g/mol. The van der Waals surface area contributed by atoms with Crippen LogP contribution in [0.2, 0.25) is 0 Å². The summed E-state index contributed by atoms with van der Waals surface area (Å²) in [6.07, 6.45) is 0. The number of carbonyl (C=O) groups is 1. The van der Waals surface area contributed by atoms with Crippen molar-refractivity contribution in [2.24, 2.45) is 0 Å². The van der Waals surface area contributed by atoms with Crippen LogP contribution in [-0.2, 0) is 4.79 Å². The monoisotopic (exact) mass is 333 g/mol. The molecule has 2 aromatic rings. The molecule has 0 aliphatic rings. The Kier molecular flexibility index (Phi) is 5.42. The lowest BCUT2D eigenvalue weighted by Crippen LogP contribution is -2.14. The first kappa shape index (κ1) is 16.6. The largest absolute Gasteiger partial charge is 0.494 e. The molecule has 0 saturated carbocycles. The molecule has 0 atom stereocenters. The lowest BCUT2D eigenvalue weighted by Gasteiger charge is -2.10. The third-order valence-corrected chi connectivity index (χ3v) is 4.04. The van der Waals surface area contributed by atoms with Crippen LogP contribution in [0.4, 0.5) is 17.1 Å². The van der Waals surface area contributed by atoms with Gasteiger partial charge in [-0.3, -0.25) is 14.9 Å². The predicted molar refractivity (Wildman–Crippen MR) is 89.9 cm³/mol. The molecule has 2 aromatic carbocycles. The minimum atomic E-state index is -0.526. The molecule has 3 N–H and O–H groups in total. The second-order valence-electron chi connectivity index (χ2n) is 4.52. The molecule has 0 fully saturated rings. The Morgan fingerprint density at radius 2 is 2.09 bits per heavy atom. The summed E-state index contributed by atoms with van der Waals surface area (Å²) in [5.41, 5.74) is 6.70. The first-order valence-corrected chi connectivity index (χ1v) is 7.59. The third kappa shape index (κ3) is 4.36. The summed E-state index contributed by atoms with van der Waals surface area (Å²) in [7, 11) is 1.38. The molecule has 8 heteroatoms. The summed E-state index contributed by atoms with van der Waals surface area (Å²) in [5, 5.41) is 13.4. The van der Waals surface area contributed by atoms with Gasteiger partial charge in [-0.2, -0.15) is 0 Å². The van der Waals surface area contributed by atoms with Crippen molar-refractivity contribution in [3.05, 3.63) is 52.6 Å². The average Bonchev–Trinajstić information content (AvgIpc) is 2.54. The van der Waals surface area contributed by atoms with E-state index in [0.717, 1.165) is 4.90 Å². The Bertz CT molecular complexity index is 736. The smallest absolute Gasteiger partial charge is 0.273 e. The SMILES string of the molecule is COc1cc([N+](=O)[O-])ccc1NC(=O)CSc1ccccc1N. The van der Waals surface area contributed by atoms with Crippen molar-refractivity contribution in [1.29, 1.82) is 0 Å². The Morgan fingerprint density at radius 1 is 1.35 bits per heavy atom. The van der Waals surface area contributed by atoms with E-state index in [-0.39, 0.29) is 23.1 Å². The number of amides is 1. The number of hydrogen-bond acceptors (Lipinski definition) is 6. The standard InChI is InChI=1S/C15H15N3O4S/c1-22-13-8-10(18(20)21)6-7-12(13)17-15(19)9-23-14-5-3-2-4-11(14)16/h2-8H,9,16H2,1H3,(H,17,19). The number of carbonyl (C=O) groups excluding carboxylic acids is 1. The number of non-ortho nitro benzene ring substituents is 1. The van der Waals surface area contributed by atoms with Crippen LogP contribution in [-0.4, -0.2) is 23.7 Å². The summed E-state index contributed by atoms with van der Waals surface area (Å²) < 4.78 is 5.07. The van der Waals surface area contributed by atoms with Crippen LogP contribution < -0.4 is 15.8 Å². The van der Waals surface area contributed by atoms with Crippen molar-refractivity contribution in [3.63, 3.8) is 0 Å². The molecule has 0 saturated heterocycles. The number of nitro benzene ring substituents is 1. The fraction of sp³-hybridized carbons (Fsp3) is 0.133. The number of rotatable bonds is 6. The van der Waals surface area contributed by atoms with Gasteiger partial charge in [-0.25, -0.2) is 0 Å². The molecule has 0 bridgehead atoms. The molecular formula is C15H15N3O4S. The number of benzene rings is 2. The van der Waals surface area contributed by atoms with Crippen molar-refractivity contribution in [2.45, 2.75) is 4.90 Å². The summed E-state index contributed by atoms with van der Waals surface area (Å²) in [6, 6.07) is 11.3. The number of nitrogens with one attached hydrogen (secondary N) is 1. The Morgan fingerprint density at radius 3 is 2.74 bits per heavy atom. The summed E-state index contributed by atoms with van der Waals surface area (Å²) in [6.45, 7) is 0. The zero-order chi connectivity index (χ0) is 16.8. The van der Waals surface area contributed by atoms with Crippen LogP contribution in [0.5, 0.6) is 5.75 Å². The number of nitro groups is 1. The van der Waals surface area contributed by atoms with Crippen LogP contribution in [0.3, 0.4) is 0 Å². The molecule has 0 aliphatic heterocycles. The topological polar surface area (TPSA) is 107 Å².